The third-order valence-corrected chi connectivity index (χ3v) is 5.80. The number of hydrogen-bond acceptors (Lipinski definition) is 4. The first-order valence-corrected chi connectivity index (χ1v) is 10.7. The van der Waals surface area contributed by atoms with E-state index in [1.165, 1.54) is 18.2 Å². The summed E-state index contributed by atoms with van der Waals surface area (Å²) >= 11 is 3.32. The van der Waals surface area contributed by atoms with Crippen LogP contribution in [0.4, 0.5) is 10.5 Å². The summed E-state index contributed by atoms with van der Waals surface area (Å²) in [5.41, 5.74) is 3.26. The van der Waals surface area contributed by atoms with Gasteiger partial charge in [0.25, 0.3) is 11.8 Å². The van der Waals surface area contributed by atoms with E-state index < -0.39 is 23.8 Å². The predicted octanol–water partition coefficient (Wildman–Crippen LogP) is 4.22. The van der Waals surface area contributed by atoms with E-state index in [0.717, 1.165) is 22.0 Å². The summed E-state index contributed by atoms with van der Waals surface area (Å²) < 4.78 is 2.57. The number of barbiturate groups is 1. The van der Waals surface area contributed by atoms with Gasteiger partial charge in [0.2, 0.25) is 0 Å². The highest BCUT2D eigenvalue weighted by atomic mass is 79.9. The van der Waals surface area contributed by atoms with Crippen molar-refractivity contribution in [3.63, 3.8) is 0 Å². The van der Waals surface area contributed by atoms with Crippen molar-refractivity contribution in [2.45, 2.75) is 13.8 Å². The Bertz CT molecular complexity index is 1350. The first-order valence-electron chi connectivity index (χ1n) is 9.87. The highest BCUT2D eigenvalue weighted by Gasteiger charge is 2.37. The van der Waals surface area contributed by atoms with Crippen molar-refractivity contribution < 1.29 is 24.3 Å². The molecule has 1 aliphatic heterocycles. The molecule has 2 aromatic carbocycles. The average molecular weight is 508 g/mol. The Balaban J connectivity index is 1.74. The standard InChI is InChI=1S/C24H18BrN3O5/c1-13-10-16(14(2)27(13)18-8-6-15(7-9-18)23(31)32)11-20-21(29)26-24(33)28(22(20)30)19-5-3-4-17(25)12-19/h3-12H,1-2H3,(H,31,32)(H,26,29,33)/b20-11+. The van der Waals surface area contributed by atoms with Gasteiger partial charge in [0, 0.05) is 21.5 Å². The van der Waals surface area contributed by atoms with Crippen LogP contribution >= 0.6 is 15.9 Å². The van der Waals surface area contributed by atoms with E-state index in [1.54, 1.807) is 36.4 Å². The molecule has 0 aliphatic carbocycles. The molecule has 1 aromatic heterocycles. The molecule has 3 aromatic rings. The molecular formula is C24H18BrN3O5. The molecule has 0 atom stereocenters. The molecule has 2 N–H and O–H groups in total. The quantitative estimate of drug-likeness (QED) is 0.405. The van der Waals surface area contributed by atoms with Gasteiger partial charge in [-0.25, -0.2) is 14.5 Å². The van der Waals surface area contributed by atoms with Gasteiger partial charge in [-0.1, -0.05) is 22.0 Å². The van der Waals surface area contributed by atoms with E-state index in [1.807, 2.05) is 24.5 Å². The third kappa shape index (κ3) is 4.10. The van der Waals surface area contributed by atoms with E-state index in [-0.39, 0.29) is 11.1 Å². The maximum Gasteiger partial charge on any atom is 0.335 e. The SMILES string of the molecule is Cc1cc(/C=C2\C(=O)NC(=O)N(c3cccc(Br)c3)C2=O)c(C)n1-c1ccc(C(=O)O)cc1. The first-order chi connectivity index (χ1) is 15.7. The van der Waals surface area contributed by atoms with E-state index in [4.69, 9.17) is 5.11 Å². The fraction of sp³-hybridized carbons (Fsp3) is 0.0833. The normalized spacial score (nSPS) is 15.2. The lowest BCUT2D eigenvalue weighted by Crippen LogP contribution is -2.54. The number of carboxylic acid groups (broad SMARTS) is 1. The second kappa shape index (κ2) is 8.51. The number of halogens is 1. The molecule has 2 heterocycles. The van der Waals surface area contributed by atoms with Gasteiger partial charge >= 0.3 is 12.0 Å². The van der Waals surface area contributed by atoms with E-state index in [9.17, 15) is 19.2 Å². The van der Waals surface area contributed by atoms with Gasteiger partial charge in [0.1, 0.15) is 5.57 Å². The Morgan fingerprint density at radius 2 is 1.70 bits per heavy atom. The number of urea groups is 1. The fourth-order valence-electron chi connectivity index (χ4n) is 3.75. The molecule has 8 nitrogen and oxygen atoms in total. The number of anilines is 1. The molecule has 1 saturated heterocycles. The molecule has 0 spiro atoms. The van der Waals surface area contributed by atoms with Crippen LogP contribution < -0.4 is 10.2 Å². The van der Waals surface area contributed by atoms with Crippen molar-refractivity contribution in [2.24, 2.45) is 0 Å². The Morgan fingerprint density at radius 3 is 2.33 bits per heavy atom. The van der Waals surface area contributed by atoms with Crippen LogP contribution in [0.2, 0.25) is 0 Å². The number of aryl methyl sites for hydroxylation is 1. The predicted molar refractivity (Wildman–Crippen MR) is 125 cm³/mol. The van der Waals surface area contributed by atoms with Crippen LogP contribution in [0.1, 0.15) is 27.3 Å². The minimum Gasteiger partial charge on any atom is -0.478 e. The molecule has 0 bridgehead atoms. The zero-order chi connectivity index (χ0) is 23.9. The zero-order valence-electron chi connectivity index (χ0n) is 17.6. The summed E-state index contributed by atoms with van der Waals surface area (Å²) in [6, 6.07) is 14.0. The van der Waals surface area contributed by atoms with Gasteiger partial charge in [-0.05, 0) is 74.0 Å². The molecule has 1 aliphatic rings. The van der Waals surface area contributed by atoms with Crippen LogP contribution in [0.5, 0.6) is 0 Å². The van der Waals surface area contributed by atoms with Gasteiger partial charge in [-0.15, -0.1) is 0 Å². The van der Waals surface area contributed by atoms with Gasteiger partial charge < -0.3 is 9.67 Å². The number of carbonyl (C=O) groups is 4. The lowest BCUT2D eigenvalue weighted by atomic mass is 10.1. The van der Waals surface area contributed by atoms with Gasteiger partial charge in [-0.3, -0.25) is 14.9 Å². The van der Waals surface area contributed by atoms with E-state index >= 15 is 0 Å². The molecule has 1 fully saturated rings. The monoisotopic (exact) mass is 507 g/mol. The maximum absolute atomic E-state index is 13.1. The van der Waals surface area contributed by atoms with Gasteiger partial charge in [0.05, 0.1) is 11.3 Å². The van der Waals surface area contributed by atoms with Crippen LogP contribution in [0.25, 0.3) is 11.8 Å². The zero-order valence-corrected chi connectivity index (χ0v) is 19.2. The van der Waals surface area contributed by atoms with Crippen LogP contribution in [-0.2, 0) is 9.59 Å². The summed E-state index contributed by atoms with van der Waals surface area (Å²) in [5.74, 6) is -2.51. The van der Waals surface area contributed by atoms with Crippen LogP contribution in [0.3, 0.4) is 0 Å². The highest BCUT2D eigenvalue weighted by molar-refractivity contribution is 9.10. The van der Waals surface area contributed by atoms with E-state index in [0.29, 0.717) is 15.7 Å². The number of aromatic nitrogens is 1. The van der Waals surface area contributed by atoms with Crippen LogP contribution in [0.15, 0.2) is 64.6 Å². The van der Waals surface area contributed by atoms with E-state index in [2.05, 4.69) is 21.2 Å². The van der Waals surface area contributed by atoms with Crippen molar-refractivity contribution in [3.05, 3.63) is 87.2 Å². The Labute approximate surface area is 197 Å². The summed E-state index contributed by atoms with van der Waals surface area (Å²) in [6.45, 7) is 3.69. The molecule has 33 heavy (non-hydrogen) atoms. The largest absolute Gasteiger partial charge is 0.478 e. The lowest BCUT2D eigenvalue weighted by Gasteiger charge is -2.26. The Kier molecular flexibility index (Phi) is 5.73. The van der Waals surface area contributed by atoms with Crippen LogP contribution in [0, 0.1) is 13.8 Å². The molecule has 166 valence electrons. The van der Waals surface area contributed by atoms with Crippen molar-refractivity contribution >= 4 is 51.5 Å². The summed E-state index contributed by atoms with van der Waals surface area (Å²) in [7, 11) is 0. The molecule has 0 unspecified atom stereocenters. The number of rotatable bonds is 4. The third-order valence-electron chi connectivity index (χ3n) is 5.31. The second-order valence-corrected chi connectivity index (χ2v) is 8.37. The van der Waals surface area contributed by atoms with Crippen molar-refractivity contribution in [3.8, 4) is 5.69 Å². The molecule has 9 heteroatoms. The fourth-order valence-corrected chi connectivity index (χ4v) is 4.13. The molecule has 0 saturated carbocycles. The summed E-state index contributed by atoms with van der Waals surface area (Å²) in [5, 5.41) is 11.3. The smallest absolute Gasteiger partial charge is 0.335 e. The summed E-state index contributed by atoms with van der Waals surface area (Å²) in [6.07, 6.45) is 1.46. The van der Waals surface area contributed by atoms with Gasteiger partial charge in [0.15, 0.2) is 0 Å². The molecule has 0 radical (unpaired) electrons. The maximum atomic E-state index is 13.1. The summed E-state index contributed by atoms with van der Waals surface area (Å²) in [4.78, 5) is 50.1. The highest BCUT2D eigenvalue weighted by Crippen LogP contribution is 2.27. The van der Waals surface area contributed by atoms with Gasteiger partial charge in [-0.2, -0.15) is 0 Å². The van der Waals surface area contributed by atoms with Crippen molar-refractivity contribution in [2.75, 3.05) is 4.90 Å². The minimum absolute atomic E-state index is 0.170. The van der Waals surface area contributed by atoms with Crippen LogP contribution in [-0.4, -0.2) is 33.5 Å². The Morgan fingerprint density at radius 1 is 1.00 bits per heavy atom. The number of carboxylic acids is 1. The number of amides is 4. The number of benzene rings is 2. The average Bonchev–Trinajstić information content (AvgIpc) is 3.04. The molecular weight excluding hydrogens is 490 g/mol. The molecule has 4 rings (SSSR count). The first kappa shape index (κ1) is 22.2. The number of nitrogens with one attached hydrogen (secondary N) is 1. The molecule has 4 amide bonds. The van der Waals surface area contributed by atoms with Crippen molar-refractivity contribution in [1.82, 2.24) is 9.88 Å². The lowest BCUT2D eigenvalue weighted by molar-refractivity contribution is -0.122. The number of hydrogen-bond donors (Lipinski definition) is 2. The number of carbonyl (C=O) groups excluding carboxylic acids is 3. The number of nitrogens with zero attached hydrogens (tertiary/aromatic N) is 2. The number of aromatic carboxylic acids is 1. The second-order valence-electron chi connectivity index (χ2n) is 7.45. The number of imide groups is 2. The van der Waals surface area contributed by atoms with Crippen molar-refractivity contribution in [1.29, 1.82) is 0 Å². The Hall–Kier alpha value is -3.98. The minimum atomic E-state index is -1.01. The topological polar surface area (TPSA) is 109 Å².